The molecule has 2 amide bonds. The minimum Gasteiger partial charge on any atom is -0.451 e. The third-order valence-corrected chi connectivity index (χ3v) is 6.17. The molecule has 2 heterocycles. The van der Waals surface area contributed by atoms with Gasteiger partial charge in [0.1, 0.15) is 10.6 Å². The molecule has 28 heavy (non-hydrogen) atoms. The van der Waals surface area contributed by atoms with Crippen LogP contribution in [0.2, 0.25) is 0 Å². The van der Waals surface area contributed by atoms with E-state index in [2.05, 4.69) is 10.6 Å². The van der Waals surface area contributed by atoms with Gasteiger partial charge in [-0.2, -0.15) is 0 Å². The van der Waals surface area contributed by atoms with E-state index in [0.29, 0.717) is 21.5 Å². The van der Waals surface area contributed by atoms with Gasteiger partial charge in [0.05, 0.1) is 10.9 Å². The Morgan fingerprint density at radius 1 is 1.11 bits per heavy atom. The van der Waals surface area contributed by atoms with Crippen molar-refractivity contribution in [3.05, 3.63) is 61.8 Å². The normalized spacial score (nSPS) is 13.2. The highest BCUT2D eigenvalue weighted by Gasteiger charge is 2.26. The fourth-order valence-electron chi connectivity index (χ4n) is 3.57. The summed E-state index contributed by atoms with van der Waals surface area (Å²) in [6.45, 7) is 1.89. The zero-order valence-corrected chi connectivity index (χ0v) is 16.5. The second-order valence-electron chi connectivity index (χ2n) is 6.92. The number of anilines is 1. The highest BCUT2D eigenvalue weighted by Crippen LogP contribution is 2.38. The highest BCUT2D eigenvalue weighted by molar-refractivity contribution is 7.17. The first-order valence-corrected chi connectivity index (χ1v) is 10.0. The number of rotatable bonds is 3. The monoisotopic (exact) mass is 396 g/mol. The van der Waals surface area contributed by atoms with E-state index < -0.39 is 5.91 Å². The topological polar surface area (TPSA) is 88.4 Å². The summed E-state index contributed by atoms with van der Waals surface area (Å²) in [7, 11) is 1.57. The standard InChI is InChI=1S/C21H20N2O4S/c1-11-7-8-15-13(9-11)14(24)10-16(27-15)19(25)23-21-18(20(26)22-2)12-5-3-4-6-17(12)28-21/h7-10H,3-6H2,1-2H3,(H,22,26)(H,23,25). The maximum atomic E-state index is 12.8. The van der Waals surface area contributed by atoms with E-state index in [-0.39, 0.29) is 17.1 Å². The Bertz CT molecular complexity index is 1160. The molecule has 144 valence electrons. The number of benzene rings is 1. The van der Waals surface area contributed by atoms with Gasteiger partial charge in [0, 0.05) is 18.0 Å². The maximum absolute atomic E-state index is 12.8. The first-order chi connectivity index (χ1) is 13.5. The molecule has 0 fully saturated rings. The Balaban J connectivity index is 1.72. The van der Waals surface area contributed by atoms with Gasteiger partial charge in [0.2, 0.25) is 0 Å². The molecule has 0 saturated heterocycles. The fourth-order valence-corrected chi connectivity index (χ4v) is 4.85. The number of nitrogens with one attached hydrogen (secondary N) is 2. The molecule has 0 radical (unpaired) electrons. The number of carbonyl (C=O) groups is 2. The van der Waals surface area contributed by atoms with Crippen LogP contribution in [0.3, 0.4) is 0 Å². The van der Waals surface area contributed by atoms with Crippen LogP contribution in [0.1, 0.15) is 49.8 Å². The summed E-state index contributed by atoms with van der Waals surface area (Å²) < 4.78 is 5.65. The van der Waals surface area contributed by atoms with Crippen molar-refractivity contribution in [2.24, 2.45) is 0 Å². The van der Waals surface area contributed by atoms with Crippen molar-refractivity contribution in [1.82, 2.24) is 5.32 Å². The molecule has 1 aliphatic carbocycles. The van der Waals surface area contributed by atoms with Crippen LogP contribution in [0.5, 0.6) is 0 Å². The van der Waals surface area contributed by atoms with Crippen LogP contribution < -0.4 is 16.1 Å². The number of hydrogen-bond donors (Lipinski definition) is 2. The highest BCUT2D eigenvalue weighted by atomic mass is 32.1. The van der Waals surface area contributed by atoms with E-state index in [1.165, 1.54) is 17.4 Å². The molecule has 1 aromatic carbocycles. The minimum absolute atomic E-state index is 0.0735. The van der Waals surface area contributed by atoms with Gasteiger partial charge in [-0.05, 0) is 50.3 Å². The second kappa shape index (κ2) is 7.24. The largest absolute Gasteiger partial charge is 0.451 e. The van der Waals surface area contributed by atoms with E-state index in [4.69, 9.17) is 4.42 Å². The van der Waals surface area contributed by atoms with Crippen molar-refractivity contribution >= 4 is 39.1 Å². The third-order valence-electron chi connectivity index (χ3n) is 4.96. The lowest BCUT2D eigenvalue weighted by atomic mass is 9.95. The summed E-state index contributed by atoms with van der Waals surface area (Å²) >= 11 is 1.43. The van der Waals surface area contributed by atoms with Crippen LogP contribution in [-0.4, -0.2) is 18.9 Å². The van der Waals surface area contributed by atoms with Crippen LogP contribution in [0, 0.1) is 6.92 Å². The van der Waals surface area contributed by atoms with Gasteiger partial charge in [-0.3, -0.25) is 14.4 Å². The molecule has 3 aromatic rings. The van der Waals surface area contributed by atoms with E-state index >= 15 is 0 Å². The van der Waals surface area contributed by atoms with Crippen LogP contribution in [0.15, 0.2) is 33.5 Å². The number of carbonyl (C=O) groups excluding carboxylic acids is 2. The first-order valence-electron chi connectivity index (χ1n) is 9.20. The summed E-state index contributed by atoms with van der Waals surface area (Å²) in [4.78, 5) is 38.7. The SMILES string of the molecule is CNC(=O)c1c(NC(=O)c2cc(=O)c3cc(C)ccc3o2)sc2c1CCCC2. The van der Waals surface area contributed by atoms with Gasteiger partial charge in [0.25, 0.3) is 11.8 Å². The second-order valence-corrected chi connectivity index (χ2v) is 8.03. The summed E-state index contributed by atoms with van der Waals surface area (Å²) in [6.07, 6.45) is 3.84. The maximum Gasteiger partial charge on any atom is 0.292 e. The lowest BCUT2D eigenvalue weighted by Gasteiger charge is -2.12. The van der Waals surface area contributed by atoms with E-state index in [1.54, 1.807) is 19.2 Å². The lowest BCUT2D eigenvalue weighted by Crippen LogP contribution is -2.22. The van der Waals surface area contributed by atoms with E-state index in [9.17, 15) is 14.4 Å². The van der Waals surface area contributed by atoms with Crippen molar-refractivity contribution in [3.63, 3.8) is 0 Å². The summed E-state index contributed by atoms with van der Waals surface area (Å²) in [5.41, 5.74) is 2.57. The van der Waals surface area contributed by atoms with Gasteiger partial charge < -0.3 is 15.1 Å². The average molecular weight is 396 g/mol. The number of fused-ring (bicyclic) bond motifs is 2. The van der Waals surface area contributed by atoms with Crippen molar-refractivity contribution in [2.75, 3.05) is 12.4 Å². The summed E-state index contributed by atoms with van der Waals surface area (Å²) in [6, 6.07) is 6.44. The first kappa shape index (κ1) is 18.4. The molecule has 0 saturated carbocycles. The molecule has 2 N–H and O–H groups in total. The number of hydrogen-bond acceptors (Lipinski definition) is 5. The summed E-state index contributed by atoms with van der Waals surface area (Å²) in [5, 5.41) is 6.38. The van der Waals surface area contributed by atoms with Gasteiger partial charge >= 0.3 is 0 Å². The Hall–Kier alpha value is -2.93. The Kier molecular flexibility index (Phi) is 4.77. The van der Waals surface area contributed by atoms with Crippen LogP contribution in [-0.2, 0) is 12.8 Å². The third kappa shape index (κ3) is 3.22. The molecule has 4 rings (SSSR count). The van der Waals surface area contributed by atoms with Crippen LogP contribution in [0.25, 0.3) is 11.0 Å². The quantitative estimate of drug-likeness (QED) is 0.707. The molecule has 6 nitrogen and oxygen atoms in total. The predicted molar refractivity (Wildman–Crippen MR) is 110 cm³/mol. The molecule has 0 bridgehead atoms. The summed E-state index contributed by atoms with van der Waals surface area (Å²) in [5.74, 6) is -0.830. The Morgan fingerprint density at radius 3 is 2.68 bits per heavy atom. The molecule has 0 spiro atoms. The molecule has 0 unspecified atom stereocenters. The van der Waals surface area contributed by atoms with Gasteiger partial charge in [-0.1, -0.05) is 11.6 Å². The Labute approximate surface area is 165 Å². The zero-order chi connectivity index (χ0) is 19.8. The van der Waals surface area contributed by atoms with Crippen LogP contribution in [0.4, 0.5) is 5.00 Å². The van der Waals surface area contributed by atoms with Gasteiger partial charge in [-0.25, -0.2) is 0 Å². The van der Waals surface area contributed by atoms with Gasteiger partial charge in [0.15, 0.2) is 11.2 Å². The molecule has 0 atom stereocenters. The molecule has 0 aliphatic heterocycles. The minimum atomic E-state index is -0.539. The van der Waals surface area contributed by atoms with Crippen molar-refractivity contribution in [3.8, 4) is 0 Å². The molecule has 7 heteroatoms. The van der Waals surface area contributed by atoms with E-state index in [1.807, 2.05) is 13.0 Å². The lowest BCUT2D eigenvalue weighted by molar-refractivity contribution is 0.0963. The van der Waals surface area contributed by atoms with Gasteiger partial charge in [-0.15, -0.1) is 11.3 Å². The molecule has 2 aromatic heterocycles. The fraction of sp³-hybridized carbons (Fsp3) is 0.286. The van der Waals surface area contributed by atoms with Crippen molar-refractivity contribution < 1.29 is 14.0 Å². The number of aryl methyl sites for hydroxylation is 2. The molecular weight excluding hydrogens is 376 g/mol. The zero-order valence-electron chi connectivity index (χ0n) is 15.7. The number of thiophene rings is 1. The molecular formula is C21H20N2O4S. The Morgan fingerprint density at radius 2 is 1.89 bits per heavy atom. The average Bonchev–Trinajstić information content (AvgIpc) is 3.05. The molecule has 1 aliphatic rings. The smallest absolute Gasteiger partial charge is 0.292 e. The van der Waals surface area contributed by atoms with E-state index in [0.717, 1.165) is 41.7 Å². The predicted octanol–water partition coefficient (Wildman–Crippen LogP) is 3.65. The van der Waals surface area contributed by atoms with Crippen molar-refractivity contribution in [1.29, 1.82) is 0 Å². The van der Waals surface area contributed by atoms with Crippen molar-refractivity contribution in [2.45, 2.75) is 32.6 Å². The van der Waals surface area contributed by atoms with Crippen LogP contribution >= 0.6 is 11.3 Å². The number of amides is 2.